The second-order valence-corrected chi connectivity index (χ2v) is 11.6. The zero-order chi connectivity index (χ0) is 31.2. The van der Waals surface area contributed by atoms with E-state index in [1.807, 2.05) is 42.5 Å². The van der Waals surface area contributed by atoms with Gasteiger partial charge in [0.25, 0.3) is 5.91 Å². The quantitative estimate of drug-likeness (QED) is 0.201. The van der Waals surface area contributed by atoms with Gasteiger partial charge in [-0.05, 0) is 50.1 Å². The van der Waals surface area contributed by atoms with Crippen molar-refractivity contribution in [3.8, 4) is 0 Å². The van der Waals surface area contributed by atoms with Crippen LogP contribution in [0.4, 0.5) is 5.82 Å². The summed E-state index contributed by atoms with van der Waals surface area (Å²) in [7, 11) is 0. The van der Waals surface area contributed by atoms with Gasteiger partial charge in [0.05, 0.1) is 6.33 Å². The van der Waals surface area contributed by atoms with E-state index >= 15 is 0 Å². The number of amides is 1. The van der Waals surface area contributed by atoms with Gasteiger partial charge >= 0.3 is 0 Å². The molecule has 0 unspecified atom stereocenters. The molecule has 2 fully saturated rings. The molecule has 0 spiro atoms. The molecule has 2 aromatic carbocycles. The molecule has 4 aromatic rings. The lowest BCUT2D eigenvalue weighted by molar-refractivity contribution is -0.137. The number of nitrogens with one attached hydrogen (secondary N) is 2. The molecule has 45 heavy (non-hydrogen) atoms. The molecule has 1 amide bonds. The number of anilines is 1. The number of nitrogens with zero attached hydrogens (tertiary/aromatic N) is 5. The summed E-state index contributed by atoms with van der Waals surface area (Å²) in [6.45, 7) is 5.67. The van der Waals surface area contributed by atoms with Crippen molar-refractivity contribution >= 4 is 29.0 Å². The number of aliphatic hydroxyl groups is 2. The van der Waals surface area contributed by atoms with Crippen molar-refractivity contribution in [2.75, 3.05) is 38.0 Å². The molecule has 11 heteroatoms. The molecule has 0 radical (unpaired) electrons. The molecule has 2 saturated heterocycles. The number of rotatable bonds is 11. The smallest absolute Gasteiger partial charge is 0.252 e. The Labute approximate surface area is 263 Å². The maximum Gasteiger partial charge on any atom is 0.252 e. The van der Waals surface area contributed by atoms with E-state index in [4.69, 9.17) is 14.7 Å². The van der Waals surface area contributed by atoms with E-state index in [1.54, 1.807) is 11.5 Å². The molecule has 0 aliphatic carbocycles. The van der Waals surface area contributed by atoms with E-state index in [0.29, 0.717) is 35.9 Å². The van der Waals surface area contributed by atoms with Crippen LogP contribution < -0.4 is 10.6 Å². The number of carbonyl (C=O) groups excluding carboxylic acids is 1. The summed E-state index contributed by atoms with van der Waals surface area (Å²) in [6, 6.07) is 20.6. The summed E-state index contributed by atoms with van der Waals surface area (Å²) in [5.74, 6) is 0.585. The van der Waals surface area contributed by atoms with Gasteiger partial charge in [-0.15, -0.1) is 0 Å². The van der Waals surface area contributed by atoms with Crippen LogP contribution in [0.2, 0.25) is 0 Å². The fourth-order valence-corrected chi connectivity index (χ4v) is 6.14. The van der Waals surface area contributed by atoms with Gasteiger partial charge < -0.3 is 25.6 Å². The lowest BCUT2D eigenvalue weighted by atomic mass is 9.91. The Bertz CT molecular complexity index is 1550. The first-order valence-electron chi connectivity index (χ1n) is 15.8. The standard InChI is InChI=1S/C34H41N7O4/c1-2-35-33(44)30-28(42)29(43)34(45-30)41-22-37-27-31(38-26(39-32(27)41)17-12-20-40-18-10-5-11-19-40)36-21-25(23-13-6-3-7-14-23)24-15-8-4-9-16-24/h3-4,6-9,12-17,22,25,28-30,34,42-43H,2,5,10-11,18-21H2,1H3,(H,35,44)(H,36,38,39)/b17-12+/t28-,29+,30-,34+/m0/s1. The van der Waals surface area contributed by atoms with Crippen LogP contribution in [0.1, 0.15) is 55.3 Å². The number of likely N-dealkylation sites (tertiary alicyclic amines) is 1. The third-order valence-electron chi connectivity index (χ3n) is 8.52. The second-order valence-electron chi connectivity index (χ2n) is 11.6. The number of hydrogen-bond donors (Lipinski definition) is 4. The van der Waals surface area contributed by atoms with Gasteiger partial charge in [-0.25, -0.2) is 15.0 Å². The number of ether oxygens (including phenoxy) is 1. The predicted octanol–water partition coefficient (Wildman–Crippen LogP) is 3.32. The van der Waals surface area contributed by atoms with Crippen LogP contribution in [0.5, 0.6) is 0 Å². The SMILES string of the molecule is CCNC(=O)[C@H]1O[C@@H](n2cnc3c(NCC(c4ccccc4)c4ccccc4)nc(/C=C/CN4CCCCC4)nc32)[C@H](O)[C@@H]1O. The molecule has 0 saturated carbocycles. The Kier molecular flexibility index (Phi) is 9.80. The Hall–Kier alpha value is -4.16. The first kappa shape index (κ1) is 30.8. The molecule has 2 aliphatic heterocycles. The van der Waals surface area contributed by atoms with E-state index in [1.165, 1.54) is 36.7 Å². The fraction of sp³-hybridized carbons (Fsp3) is 0.412. The molecule has 0 bridgehead atoms. The molecule has 4 heterocycles. The van der Waals surface area contributed by atoms with Gasteiger partial charge in [0.2, 0.25) is 0 Å². The van der Waals surface area contributed by atoms with Gasteiger partial charge in [0, 0.05) is 25.6 Å². The van der Waals surface area contributed by atoms with Crippen molar-refractivity contribution in [3.63, 3.8) is 0 Å². The highest BCUT2D eigenvalue weighted by Crippen LogP contribution is 2.33. The summed E-state index contributed by atoms with van der Waals surface area (Å²) in [6.07, 6.45) is 4.13. The molecule has 11 nitrogen and oxygen atoms in total. The zero-order valence-electron chi connectivity index (χ0n) is 25.5. The molecular formula is C34H41N7O4. The highest BCUT2D eigenvalue weighted by molar-refractivity contribution is 5.84. The molecular weight excluding hydrogens is 570 g/mol. The van der Waals surface area contributed by atoms with E-state index in [0.717, 1.165) is 19.6 Å². The third-order valence-corrected chi connectivity index (χ3v) is 8.52. The highest BCUT2D eigenvalue weighted by atomic mass is 16.6. The maximum atomic E-state index is 12.5. The van der Waals surface area contributed by atoms with Crippen molar-refractivity contribution in [3.05, 3.63) is 90.0 Å². The van der Waals surface area contributed by atoms with Crippen molar-refractivity contribution < 1.29 is 19.7 Å². The van der Waals surface area contributed by atoms with Crippen LogP contribution >= 0.6 is 0 Å². The van der Waals surface area contributed by atoms with E-state index in [2.05, 4.69) is 50.9 Å². The van der Waals surface area contributed by atoms with Gasteiger partial charge in [0.1, 0.15) is 12.2 Å². The van der Waals surface area contributed by atoms with E-state index in [-0.39, 0.29) is 5.92 Å². The van der Waals surface area contributed by atoms with Crippen LogP contribution in [-0.2, 0) is 9.53 Å². The number of benzene rings is 2. The molecule has 2 aliphatic rings. The predicted molar refractivity (Wildman–Crippen MR) is 172 cm³/mol. The largest absolute Gasteiger partial charge is 0.387 e. The lowest BCUT2D eigenvalue weighted by Gasteiger charge is -2.24. The second kappa shape index (κ2) is 14.3. The molecule has 6 rings (SSSR count). The number of fused-ring (bicyclic) bond motifs is 1. The number of carbonyl (C=O) groups is 1. The van der Waals surface area contributed by atoms with Crippen molar-refractivity contribution in [2.45, 2.75) is 56.6 Å². The lowest BCUT2D eigenvalue weighted by Crippen LogP contribution is -2.42. The third kappa shape index (κ3) is 6.91. The topological polar surface area (TPSA) is 138 Å². The van der Waals surface area contributed by atoms with Crippen LogP contribution in [0, 0.1) is 0 Å². The monoisotopic (exact) mass is 611 g/mol. The number of aromatic nitrogens is 4. The number of likely N-dealkylation sites (N-methyl/N-ethyl adjacent to an activating group) is 1. The Balaban J connectivity index is 1.33. The summed E-state index contributed by atoms with van der Waals surface area (Å²) >= 11 is 0. The van der Waals surface area contributed by atoms with Gasteiger partial charge in [-0.1, -0.05) is 73.2 Å². The van der Waals surface area contributed by atoms with Gasteiger partial charge in [0.15, 0.2) is 35.1 Å². The van der Waals surface area contributed by atoms with Crippen LogP contribution in [0.3, 0.4) is 0 Å². The first-order valence-corrected chi connectivity index (χ1v) is 15.8. The molecule has 236 valence electrons. The minimum atomic E-state index is -1.40. The summed E-state index contributed by atoms with van der Waals surface area (Å²) in [5, 5.41) is 27.8. The summed E-state index contributed by atoms with van der Waals surface area (Å²) in [4.78, 5) is 29.2. The van der Waals surface area contributed by atoms with Crippen molar-refractivity contribution in [1.29, 1.82) is 0 Å². The average Bonchev–Trinajstić information content (AvgIpc) is 3.63. The van der Waals surface area contributed by atoms with Crippen LogP contribution in [0.15, 0.2) is 73.1 Å². The van der Waals surface area contributed by atoms with Crippen molar-refractivity contribution in [1.82, 2.24) is 29.7 Å². The fourth-order valence-electron chi connectivity index (χ4n) is 6.14. The first-order chi connectivity index (χ1) is 22.0. The number of aliphatic hydroxyl groups excluding tert-OH is 2. The van der Waals surface area contributed by atoms with Gasteiger partial charge in [-0.2, -0.15) is 0 Å². The van der Waals surface area contributed by atoms with E-state index < -0.39 is 30.4 Å². The minimum absolute atomic E-state index is 0.0468. The minimum Gasteiger partial charge on any atom is -0.387 e. The van der Waals surface area contributed by atoms with E-state index in [9.17, 15) is 15.0 Å². The Morgan fingerprint density at radius 2 is 1.69 bits per heavy atom. The molecule has 4 N–H and O–H groups in total. The number of piperidine rings is 1. The zero-order valence-corrected chi connectivity index (χ0v) is 25.5. The Morgan fingerprint density at radius 3 is 2.36 bits per heavy atom. The Morgan fingerprint density at radius 1 is 1.00 bits per heavy atom. The van der Waals surface area contributed by atoms with Crippen LogP contribution in [-0.4, -0.2) is 91.6 Å². The normalized spacial score (nSPS) is 22.4. The van der Waals surface area contributed by atoms with Crippen molar-refractivity contribution in [2.24, 2.45) is 0 Å². The highest BCUT2D eigenvalue weighted by Gasteiger charge is 2.47. The molecule has 2 aromatic heterocycles. The summed E-state index contributed by atoms with van der Waals surface area (Å²) in [5.41, 5.74) is 3.26. The van der Waals surface area contributed by atoms with Crippen LogP contribution in [0.25, 0.3) is 17.2 Å². The number of hydrogen-bond acceptors (Lipinski definition) is 9. The molecule has 4 atom stereocenters. The maximum absolute atomic E-state index is 12.5. The average molecular weight is 612 g/mol. The summed E-state index contributed by atoms with van der Waals surface area (Å²) < 4.78 is 7.48. The number of imidazole rings is 1. The van der Waals surface area contributed by atoms with Gasteiger partial charge in [-0.3, -0.25) is 14.3 Å².